The lowest BCUT2D eigenvalue weighted by Crippen LogP contribution is -2.42. The first-order chi connectivity index (χ1) is 16.2. The van der Waals surface area contributed by atoms with Gasteiger partial charge in [0.05, 0.1) is 17.5 Å². The summed E-state index contributed by atoms with van der Waals surface area (Å²) in [5.41, 5.74) is 0.652. The Bertz CT molecular complexity index is 1230. The molecule has 2 aliphatic heterocycles. The zero-order valence-corrected chi connectivity index (χ0v) is 18.8. The Hall–Kier alpha value is -3.60. The summed E-state index contributed by atoms with van der Waals surface area (Å²) in [6.07, 6.45) is -1.11. The number of amides is 2. The Morgan fingerprint density at radius 3 is 2.44 bits per heavy atom. The predicted molar refractivity (Wildman–Crippen MR) is 121 cm³/mol. The highest BCUT2D eigenvalue weighted by atomic mass is 32.2. The summed E-state index contributed by atoms with van der Waals surface area (Å²) in [4.78, 5) is 38.2. The Labute approximate surface area is 195 Å². The van der Waals surface area contributed by atoms with Gasteiger partial charge in [-0.2, -0.15) is 5.10 Å². The average Bonchev–Trinajstić information content (AvgIpc) is 3.19. The number of nitrogens with zero attached hydrogens (tertiary/aromatic N) is 2. The van der Waals surface area contributed by atoms with Gasteiger partial charge in [0.15, 0.2) is 9.84 Å². The Morgan fingerprint density at radius 2 is 1.79 bits per heavy atom. The van der Waals surface area contributed by atoms with Crippen molar-refractivity contribution in [2.45, 2.75) is 31.4 Å². The predicted octanol–water partition coefficient (Wildman–Crippen LogP) is 2.21. The lowest BCUT2D eigenvalue weighted by molar-refractivity contribution is -0.148. The molecule has 11 heteroatoms. The van der Waals surface area contributed by atoms with E-state index in [1.807, 2.05) is 0 Å². The first-order valence-corrected chi connectivity index (χ1v) is 12.5. The second-order valence-corrected chi connectivity index (χ2v) is 10.3. The van der Waals surface area contributed by atoms with E-state index in [0.29, 0.717) is 11.3 Å². The van der Waals surface area contributed by atoms with Gasteiger partial charge in [0, 0.05) is 24.1 Å². The highest BCUT2D eigenvalue weighted by Crippen LogP contribution is 2.25. The van der Waals surface area contributed by atoms with E-state index >= 15 is 0 Å². The lowest BCUT2D eigenvalue weighted by Gasteiger charge is -2.27. The van der Waals surface area contributed by atoms with Gasteiger partial charge in [-0.25, -0.2) is 22.6 Å². The van der Waals surface area contributed by atoms with Crippen LogP contribution in [0.15, 0.2) is 59.7 Å². The van der Waals surface area contributed by atoms with Crippen molar-refractivity contribution in [2.75, 3.05) is 16.8 Å². The number of nitrogens with one attached hydrogen (secondary N) is 1. The van der Waals surface area contributed by atoms with Crippen molar-refractivity contribution >= 4 is 39.0 Å². The highest BCUT2D eigenvalue weighted by molar-refractivity contribution is 7.91. The smallest absolute Gasteiger partial charge is 0.355 e. The van der Waals surface area contributed by atoms with E-state index in [1.54, 1.807) is 30.3 Å². The molecule has 2 aromatic carbocycles. The number of hydrogen-bond acceptors (Lipinski definition) is 7. The minimum absolute atomic E-state index is 0.00866. The van der Waals surface area contributed by atoms with Crippen LogP contribution in [0.1, 0.15) is 30.9 Å². The molecule has 0 saturated carbocycles. The van der Waals surface area contributed by atoms with E-state index in [-0.39, 0.29) is 42.4 Å². The van der Waals surface area contributed by atoms with Crippen molar-refractivity contribution in [1.82, 2.24) is 5.01 Å². The molecule has 2 heterocycles. The monoisotopic (exact) mass is 487 g/mol. The molecule has 1 N–H and O–H groups in total. The summed E-state index contributed by atoms with van der Waals surface area (Å²) in [7, 11) is -3.26. The standard InChI is InChI=1S/C23H22FN3O6S/c24-16-6-8-17(9-7-16)25-22(29)21(15-4-2-1-3-5-15)33-23(30)19-10-11-20(28)27(26-19)18-12-13-34(31,32)14-18/h1-9,18,21H,10-14H2,(H,25,29)/t18-,21+/m0/s1. The first kappa shape index (κ1) is 23.6. The van der Waals surface area contributed by atoms with E-state index in [0.717, 1.165) is 5.01 Å². The van der Waals surface area contributed by atoms with Crippen LogP contribution in [0.4, 0.5) is 10.1 Å². The summed E-state index contributed by atoms with van der Waals surface area (Å²) in [6.45, 7) is 0. The maximum atomic E-state index is 13.2. The number of ether oxygens (including phenoxy) is 1. The molecule has 0 aromatic heterocycles. The third-order valence-corrected chi connectivity index (χ3v) is 7.28. The van der Waals surface area contributed by atoms with E-state index in [2.05, 4.69) is 10.4 Å². The van der Waals surface area contributed by atoms with Gasteiger partial charge in [-0.1, -0.05) is 30.3 Å². The molecule has 9 nitrogen and oxygen atoms in total. The molecule has 178 valence electrons. The number of hydrazone groups is 1. The maximum Gasteiger partial charge on any atom is 0.355 e. The van der Waals surface area contributed by atoms with Crippen molar-refractivity contribution in [2.24, 2.45) is 5.10 Å². The average molecular weight is 488 g/mol. The molecule has 2 atom stereocenters. The highest BCUT2D eigenvalue weighted by Gasteiger charge is 2.38. The maximum absolute atomic E-state index is 13.2. The van der Waals surface area contributed by atoms with E-state index in [4.69, 9.17) is 4.74 Å². The molecule has 1 saturated heterocycles. The van der Waals surface area contributed by atoms with Crippen LogP contribution in [-0.2, 0) is 29.0 Å². The zero-order chi connectivity index (χ0) is 24.3. The number of halogens is 1. The van der Waals surface area contributed by atoms with Crippen LogP contribution in [-0.4, -0.2) is 54.5 Å². The van der Waals surface area contributed by atoms with Gasteiger partial charge in [0.2, 0.25) is 12.0 Å². The number of carbonyl (C=O) groups excluding carboxylic acids is 3. The number of esters is 1. The van der Waals surface area contributed by atoms with Crippen LogP contribution in [0.3, 0.4) is 0 Å². The molecule has 2 amide bonds. The number of sulfone groups is 1. The molecule has 0 bridgehead atoms. The van der Waals surface area contributed by atoms with E-state index < -0.39 is 39.7 Å². The first-order valence-electron chi connectivity index (χ1n) is 10.6. The summed E-state index contributed by atoms with van der Waals surface area (Å²) in [5, 5.41) is 7.75. The minimum Gasteiger partial charge on any atom is -0.443 e. The molecular weight excluding hydrogens is 465 g/mol. The normalized spacial score (nSPS) is 20.4. The summed E-state index contributed by atoms with van der Waals surface area (Å²) < 4.78 is 42.3. The molecule has 2 aliphatic rings. The van der Waals surface area contributed by atoms with Crippen molar-refractivity contribution in [3.8, 4) is 0 Å². The topological polar surface area (TPSA) is 122 Å². The van der Waals surface area contributed by atoms with Crippen LogP contribution in [0.2, 0.25) is 0 Å². The summed E-state index contributed by atoms with van der Waals surface area (Å²) in [5.74, 6) is -2.63. The minimum atomic E-state index is -3.26. The molecule has 4 rings (SSSR count). The number of rotatable bonds is 6. The van der Waals surface area contributed by atoms with Crippen molar-refractivity contribution < 1.29 is 31.9 Å². The van der Waals surface area contributed by atoms with Crippen LogP contribution in [0.25, 0.3) is 0 Å². The number of hydrogen-bond donors (Lipinski definition) is 1. The molecular formula is C23H22FN3O6S. The summed E-state index contributed by atoms with van der Waals surface area (Å²) in [6, 6.07) is 12.8. The zero-order valence-electron chi connectivity index (χ0n) is 18.0. The fourth-order valence-corrected chi connectivity index (χ4v) is 5.48. The fourth-order valence-electron chi connectivity index (χ4n) is 3.79. The van der Waals surface area contributed by atoms with Gasteiger partial charge in [0.25, 0.3) is 5.91 Å². The van der Waals surface area contributed by atoms with Crippen molar-refractivity contribution in [3.05, 3.63) is 66.0 Å². The fraction of sp³-hybridized carbons (Fsp3) is 0.304. The van der Waals surface area contributed by atoms with Gasteiger partial charge in [-0.05, 0) is 30.7 Å². The van der Waals surface area contributed by atoms with Gasteiger partial charge in [-0.3, -0.25) is 9.59 Å². The third-order valence-electron chi connectivity index (χ3n) is 5.53. The molecule has 34 heavy (non-hydrogen) atoms. The number of benzene rings is 2. The molecule has 0 spiro atoms. The Morgan fingerprint density at radius 1 is 1.09 bits per heavy atom. The van der Waals surface area contributed by atoms with E-state index in [1.165, 1.54) is 24.3 Å². The number of anilines is 1. The van der Waals surface area contributed by atoms with Crippen molar-refractivity contribution in [1.29, 1.82) is 0 Å². The van der Waals surface area contributed by atoms with Crippen LogP contribution in [0, 0.1) is 5.82 Å². The quantitative estimate of drug-likeness (QED) is 0.624. The van der Waals surface area contributed by atoms with Gasteiger partial charge in [-0.15, -0.1) is 0 Å². The number of carbonyl (C=O) groups is 3. The van der Waals surface area contributed by atoms with Gasteiger partial charge < -0.3 is 10.1 Å². The largest absolute Gasteiger partial charge is 0.443 e. The lowest BCUT2D eigenvalue weighted by atomic mass is 10.1. The third kappa shape index (κ3) is 5.48. The second-order valence-electron chi connectivity index (χ2n) is 8.03. The summed E-state index contributed by atoms with van der Waals surface area (Å²) >= 11 is 0. The molecule has 0 radical (unpaired) electrons. The Balaban J connectivity index is 1.54. The van der Waals surface area contributed by atoms with Crippen LogP contribution in [0.5, 0.6) is 0 Å². The van der Waals surface area contributed by atoms with Crippen LogP contribution >= 0.6 is 0 Å². The molecule has 0 aliphatic carbocycles. The molecule has 1 fully saturated rings. The van der Waals surface area contributed by atoms with Gasteiger partial charge >= 0.3 is 5.97 Å². The van der Waals surface area contributed by atoms with Gasteiger partial charge in [0.1, 0.15) is 11.5 Å². The van der Waals surface area contributed by atoms with E-state index in [9.17, 15) is 27.2 Å². The molecule has 0 unspecified atom stereocenters. The van der Waals surface area contributed by atoms with Crippen molar-refractivity contribution in [3.63, 3.8) is 0 Å². The SMILES string of the molecule is O=C(O[C@@H](C(=O)Nc1ccc(F)cc1)c1ccccc1)C1=NN([C@H]2CCS(=O)(=O)C2)C(=O)CC1. The van der Waals surface area contributed by atoms with Crippen LogP contribution < -0.4 is 5.32 Å². The molecule has 2 aromatic rings. The second kappa shape index (κ2) is 9.72. The Kier molecular flexibility index (Phi) is 6.73.